The second-order valence-corrected chi connectivity index (χ2v) is 4.26. The van der Waals surface area contributed by atoms with Crippen LogP contribution in [0.1, 0.15) is 30.0 Å². The second kappa shape index (κ2) is 4.22. The molecule has 3 N–H and O–H groups in total. The van der Waals surface area contributed by atoms with Gasteiger partial charge in [0.2, 0.25) is 5.91 Å². The topological polar surface area (TPSA) is 55.1 Å². The molecule has 1 amide bonds. The van der Waals surface area contributed by atoms with Gasteiger partial charge in [0.05, 0.1) is 6.04 Å². The Morgan fingerprint density at radius 3 is 2.94 bits per heavy atom. The molecule has 0 aromatic heterocycles. The Bertz CT molecular complexity index is 419. The molecule has 1 saturated heterocycles. The van der Waals surface area contributed by atoms with Gasteiger partial charge in [-0.1, -0.05) is 12.1 Å². The Balaban J connectivity index is 2.28. The molecular weight excluding hydrogens is 207 g/mol. The highest BCUT2D eigenvalue weighted by Crippen LogP contribution is 2.24. The summed E-state index contributed by atoms with van der Waals surface area (Å²) in [6.07, 6.45) is 1.14. The quantitative estimate of drug-likeness (QED) is 0.755. The molecule has 1 aliphatic heterocycles. The normalized spacial score (nSPS) is 25.3. The van der Waals surface area contributed by atoms with Crippen molar-refractivity contribution in [3.63, 3.8) is 0 Å². The van der Waals surface area contributed by atoms with Crippen LogP contribution in [0.4, 0.5) is 4.39 Å². The predicted octanol–water partition coefficient (Wildman–Crippen LogP) is 1.41. The molecule has 2 rings (SSSR count). The van der Waals surface area contributed by atoms with Crippen LogP contribution < -0.4 is 11.1 Å². The highest BCUT2D eigenvalue weighted by atomic mass is 19.1. The average Bonchev–Trinajstić information content (AvgIpc) is 2.26. The van der Waals surface area contributed by atoms with E-state index in [4.69, 9.17) is 5.73 Å². The van der Waals surface area contributed by atoms with Crippen molar-refractivity contribution in [2.45, 2.75) is 31.8 Å². The van der Waals surface area contributed by atoms with Gasteiger partial charge in [-0.05, 0) is 30.5 Å². The van der Waals surface area contributed by atoms with Crippen LogP contribution in [-0.2, 0) is 4.79 Å². The van der Waals surface area contributed by atoms with E-state index in [2.05, 4.69) is 5.32 Å². The highest BCUT2D eigenvalue weighted by Gasteiger charge is 2.27. The first kappa shape index (κ1) is 11.1. The van der Waals surface area contributed by atoms with Gasteiger partial charge in [-0.2, -0.15) is 0 Å². The van der Waals surface area contributed by atoms with Crippen LogP contribution in [0.5, 0.6) is 0 Å². The Kier molecular flexibility index (Phi) is 2.92. The summed E-state index contributed by atoms with van der Waals surface area (Å²) in [5.41, 5.74) is 7.40. The Morgan fingerprint density at radius 2 is 2.25 bits per heavy atom. The van der Waals surface area contributed by atoms with E-state index in [-0.39, 0.29) is 23.8 Å². The molecule has 1 aromatic carbocycles. The zero-order chi connectivity index (χ0) is 11.7. The summed E-state index contributed by atoms with van der Waals surface area (Å²) in [5.74, 6) is -0.229. The minimum Gasteiger partial charge on any atom is -0.348 e. The van der Waals surface area contributed by atoms with E-state index in [0.29, 0.717) is 18.4 Å². The van der Waals surface area contributed by atoms with E-state index in [0.717, 1.165) is 5.56 Å². The number of rotatable bonds is 1. The van der Waals surface area contributed by atoms with Gasteiger partial charge < -0.3 is 11.1 Å². The lowest BCUT2D eigenvalue weighted by Crippen LogP contribution is -2.45. The molecule has 0 bridgehead atoms. The van der Waals surface area contributed by atoms with Crippen LogP contribution in [0.15, 0.2) is 18.2 Å². The summed E-state index contributed by atoms with van der Waals surface area (Å²) in [6.45, 7) is 1.70. The van der Waals surface area contributed by atoms with Crippen molar-refractivity contribution in [2.75, 3.05) is 0 Å². The summed E-state index contributed by atoms with van der Waals surface area (Å²) < 4.78 is 13.1. The maximum atomic E-state index is 13.1. The Hall–Kier alpha value is -1.42. The predicted molar refractivity (Wildman–Crippen MR) is 59.2 cm³/mol. The van der Waals surface area contributed by atoms with Crippen molar-refractivity contribution in [3.8, 4) is 0 Å². The molecule has 0 saturated carbocycles. The maximum Gasteiger partial charge on any atom is 0.220 e. The molecule has 0 aliphatic carbocycles. The smallest absolute Gasteiger partial charge is 0.220 e. The first-order valence-electron chi connectivity index (χ1n) is 5.39. The number of aryl methyl sites for hydroxylation is 1. The molecule has 1 aromatic rings. The number of benzene rings is 1. The summed E-state index contributed by atoms with van der Waals surface area (Å²) in [6, 6.07) is 4.55. The van der Waals surface area contributed by atoms with Crippen LogP contribution in [0.25, 0.3) is 0 Å². The van der Waals surface area contributed by atoms with Crippen LogP contribution in [0.3, 0.4) is 0 Å². The SMILES string of the molecule is Cc1cc(C2NC(=O)CCC2N)ccc1F. The molecule has 0 radical (unpaired) electrons. The molecular formula is C12H15FN2O. The molecule has 1 heterocycles. The number of carbonyl (C=O) groups is 1. The number of nitrogens with one attached hydrogen (secondary N) is 1. The number of halogens is 1. The largest absolute Gasteiger partial charge is 0.348 e. The number of hydrogen-bond acceptors (Lipinski definition) is 2. The van der Waals surface area contributed by atoms with Gasteiger partial charge in [0.1, 0.15) is 5.82 Å². The maximum absolute atomic E-state index is 13.1. The van der Waals surface area contributed by atoms with Crippen molar-refractivity contribution in [1.82, 2.24) is 5.32 Å². The highest BCUT2D eigenvalue weighted by molar-refractivity contribution is 5.77. The lowest BCUT2D eigenvalue weighted by Gasteiger charge is -2.30. The van der Waals surface area contributed by atoms with Crippen LogP contribution >= 0.6 is 0 Å². The first-order valence-corrected chi connectivity index (χ1v) is 5.39. The van der Waals surface area contributed by atoms with Crippen molar-refractivity contribution in [3.05, 3.63) is 35.1 Å². The number of carbonyl (C=O) groups excluding carboxylic acids is 1. The van der Waals surface area contributed by atoms with E-state index in [1.54, 1.807) is 19.1 Å². The van der Waals surface area contributed by atoms with Crippen LogP contribution in [-0.4, -0.2) is 11.9 Å². The van der Waals surface area contributed by atoms with Gasteiger partial charge in [-0.3, -0.25) is 4.79 Å². The molecule has 1 aliphatic rings. The lowest BCUT2D eigenvalue weighted by atomic mass is 9.92. The second-order valence-electron chi connectivity index (χ2n) is 4.26. The fourth-order valence-corrected chi connectivity index (χ4v) is 2.01. The molecule has 4 heteroatoms. The van der Waals surface area contributed by atoms with Gasteiger partial charge in [-0.15, -0.1) is 0 Å². The molecule has 3 nitrogen and oxygen atoms in total. The third-order valence-corrected chi connectivity index (χ3v) is 2.99. The van der Waals surface area contributed by atoms with Crippen LogP contribution in [0, 0.1) is 12.7 Å². The minimum absolute atomic E-state index is 0.00804. The average molecular weight is 222 g/mol. The molecule has 2 unspecified atom stereocenters. The van der Waals surface area contributed by atoms with Gasteiger partial charge in [0.25, 0.3) is 0 Å². The summed E-state index contributed by atoms with van der Waals surface area (Å²) in [4.78, 5) is 11.3. The number of hydrogen-bond donors (Lipinski definition) is 2. The molecule has 2 atom stereocenters. The summed E-state index contributed by atoms with van der Waals surface area (Å²) >= 11 is 0. The van der Waals surface area contributed by atoms with E-state index in [1.165, 1.54) is 6.07 Å². The van der Waals surface area contributed by atoms with E-state index in [1.807, 2.05) is 0 Å². The molecule has 0 spiro atoms. The number of amides is 1. The summed E-state index contributed by atoms with van der Waals surface area (Å²) in [5, 5.41) is 2.84. The third-order valence-electron chi connectivity index (χ3n) is 2.99. The molecule has 16 heavy (non-hydrogen) atoms. The lowest BCUT2D eigenvalue weighted by molar-refractivity contribution is -0.123. The first-order chi connectivity index (χ1) is 7.58. The molecule has 1 fully saturated rings. The third kappa shape index (κ3) is 2.07. The van der Waals surface area contributed by atoms with Gasteiger partial charge in [0.15, 0.2) is 0 Å². The van der Waals surface area contributed by atoms with E-state index in [9.17, 15) is 9.18 Å². The van der Waals surface area contributed by atoms with Crippen molar-refractivity contribution in [2.24, 2.45) is 5.73 Å². The zero-order valence-corrected chi connectivity index (χ0v) is 9.16. The van der Waals surface area contributed by atoms with Crippen molar-refractivity contribution >= 4 is 5.91 Å². The van der Waals surface area contributed by atoms with Crippen molar-refractivity contribution in [1.29, 1.82) is 0 Å². The van der Waals surface area contributed by atoms with Gasteiger partial charge in [-0.25, -0.2) is 4.39 Å². The van der Waals surface area contributed by atoms with E-state index >= 15 is 0 Å². The Morgan fingerprint density at radius 1 is 1.50 bits per heavy atom. The Labute approximate surface area is 93.8 Å². The minimum atomic E-state index is -0.237. The zero-order valence-electron chi connectivity index (χ0n) is 9.16. The number of nitrogens with two attached hydrogens (primary N) is 1. The van der Waals surface area contributed by atoms with Crippen molar-refractivity contribution < 1.29 is 9.18 Å². The fourth-order valence-electron chi connectivity index (χ4n) is 2.01. The molecule has 86 valence electrons. The fraction of sp³-hybridized carbons (Fsp3) is 0.417. The van der Waals surface area contributed by atoms with Crippen LogP contribution in [0.2, 0.25) is 0 Å². The summed E-state index contributed by atoms with van der Waals surface area (Å²) in [7, 11) is 0. The standard InChI is InChI=1S/C12H15FN2O/c1-7-6-8(2-3-9(7)13)12-10(14)4-5-11(16)15-12/h2-3,6,10,12H,4-5,14H2,1H3,(H,15,16). The number of piperidine rings is 1. The monoisotopic (exact) mass is 222 g/mol. The van der Waals surface area contributed by atoms with E-state index < -0.39 is 0 Å². The van der Waals surface area contributed by atoms with Gasteiger partial charge in [0, 0.05) is 12.5 Å². The van der Waals surface area contributed by atoms with Gasteiger partial charge >= 0.3 is 0 Å².